The van der Waals surface area contributed by atoms with Crippen molar-refractivity contribution in [2.24, 2.45) is 0 Å². The summed E-state index contributed by atoms with van der Waals surface area (Å²) < 4.78 is 0. The second kappa shape index (κ2) is 6.58. The molecule has 0 bridgehead atoms. The summed E-state index contributed by atoms with van der Waals surface area (Å²) in [6.07, 6.45) is 2.49. The third-order valence-electron chi connectivity index (χ3n) is 4.39. The van der Waals surface area contributed by atoms with Crippen molar-refractivity contribution in [3.63, 3.8) is 0 Å². The maximum atomic E-state index is 6.61. The number of rotatable bonds is 7. The van der Waals surface area contributed by atoms with Crippen LogP contribution in [0, 0.1) is 0 Å². The van der Waals surface area contributed by atoms with Gasteiger partial charge >= 0.3 is 0 Å². The van der Waals surface area contributed by atoms with Gasteiger partial charge in [-0.05, 0) is 45.2 Å². The lowest BCUT2D eigenvalue weighted by Crippen LogP contribution is -2.40. The molecular formula is C14H32ClNSi. The molecule has 0 saturated heterocycles. The minimum absolute atomic E-state index is 0.319. The molecule has 3 heteroatoms. The summed E-state index contributed by atoms with van der Waals surface area (Å²) in [5, 5.41) is 0.319. The highest BCUT2D eigenvalue weighted by Gasteiger charge is 2.37. The van der Waals surface area contributed by atoms with Crippen molar-refractivity contribution in [2.75, 3.05) is 6.54 Å². The van der Waals surface area contributed by atoms with Crippen molar-refractivity contribution in [2.45, 2.75) is 84.6 Å². The van der Waals surface area contributed by atoms with Crippen molar-refractivity contribution in [1.29, 1.82) is 0 Å². The predicted molar refractivity (Wildman–Crippen MR) is 83.6 cm³/mol. The molecule has 0 aromatic rings. The van der Waals surface area contributed by atoms with Gasteiger partial charge in [-0.1, -0.05) is 33.9 Å². The van der Waals surface area contributed by atoms with E-state index in [1.54, 1.807) is 0 Å². The maximum absolute atomic E-state index is 6.61. The van der Waals surface area contributed by atoms with Crippen LogP contribution in [0.4, 0.5) is 0 Å². The van der Waals surface area contributed by atoms with E-state index in [1.807, 2.05) is 0 Å². The van der Waals surface area contributed by atoms with Crippen molar-refractivity contribution in [3.8, 4) is 0 Å². The van der Waals surface area contributed by atoms with Gasteiger partial charge in [-0.3, -0.25) is 4.90 Å². The van der Waals surface area contributed by atoms with Gasteiger partial charge in [0.2, 0.25) is 0 Å². The Morgan fingerprint density at radius 3 is 1.94 bits per heavy atom. The number of halogens is 1. The van der Waals surface area contributed by atoms with Crippen LogP contribution < -0.4 is 0 Å². The lowest BCUT2D eigenvalue weighted by Gasteiger charge is -2.38. The molecular weight excluding hydrogens is 246 g/mol. The van der Waals surface area contributed by atoms with Crippen LogP contribution in [0.2, 0.25) is 18.1 Å². The minimum atomic E-state index is -1.57. The summed E-state index contributed by atoms with van der Waals surface area (Å²) in [6.45, 7) is 19.5. The van der Waals surface area contributed by atoms with E-state index < -0.39 is 7.38 Å². The molecule has 0 spiro atoms. The second-order valence-electron chi connectivity index (χ2n) is 6.67. The molecule has 0 rings (SSSR count). The van der Waals surface area contributed by atoms with E-state index in [1.165, 1.54) is 12.8 Å². The highest BCUT2D eigenvalue weighted by molar-refractivity contribution is 7.20. The van der Waals surface area contributed by atoms with Gasteiger partial charge in [0.1, 0.15) is 0 Å². The van der Waals surface area contributed by atoms with Crippen molar-refractivity contribution < 1.29 is 0 Å². The normalized spacial score (nSPS) is 15.7. The fourth-order valence-electron chi connectivity index (χ4n) is 2.22. The third-order valence-corrected chi connectivity index (χ3v) is 9.39. The van der Waals surface area contributed by atoms with Crippen LogP contribution in [0.3, 0.4) is 0 Å². The Bertz CT molecular complexity index is 221. The molecule has 0 heterocycles. The summed E-state index contributed by atoms with van der Waals surface area (Å²) in [6, 6.07) is 1.30. The van der Waals surface area contributed by atoms with E-state index in [0.717, 1.165) is 6.54 Å². The van der Waals surface area contributed by atoms with Crippen molar-refractivity contribution in [1.82, 2.24) is 4.90 Å². The molecule has 0 N–H and O–H groups in total. The molecule has 1 nitrogen and oxygen atoms in total. The average molecular weight is 278 g/mol. The summed E-state index contributed by atoms with van der Waals surface area (Å²) in [5.74, 6) is 0. The number of hydrogen-bond acceptors (Lipinski definition) is 1. The first-order valence-corrected chi connectivity index (χ1v) is 11.0. The van der Waals surface area contributed by atoms with Gasteiger partial charge in [-0.2, -0.15) is 11.1 Å². The zero-order valence-electron chi connectivity index (χ0n) is 13.1. The first kappa shape index (κ1) is 17.5. The van der Waals surface area contributed by atoms with Crippen molar-refractivity contribution in [3.05, 3.63) is 0 Å². The number of hydrogen-bond donors (Lipinski definition) is 0. The van der Waals surface area contributed by atoms with Gasteiger partial charge in [-0.25, -0.2) is 0 Å². The van der Waals surface area contributed by atoms with Gasteiger partial charge in [0.25, 0.3) is 0 Å². The fraction of sp³-hybridized carbons (Fsp3) is 1.00. The molecule has 104 valence electrons. The molecule has 1 unspecified atom stereocenters. The van der Waals surface area contributed by atoms with Gasteiger partial charge in [0, 0.05) is 12.1 Å². The second-order valence-corrected chi connectivity index (χ2v) is 13.8. The Balaban J connectivity index is 4.38. The van der Waals surface area contributed by atoms with Gasteiger partial charge in [0.05, 0.1) is 0 Å². The maximum Gasteiger partial charge on any atom is 0.156 e. The zero-order valence-corrected chi connectivity index (χ0v) is 14.9. The van der Waals surface area contributed by atoms with E-state index >= 15 is 0 Å². The van der Waals surface area contributed by atoms with Crippen molar-refractivity contribution >= 4 is 18.5 Å². The van der Waals surface area contributed by atoms with Crippen LogP contribution >= 0.6 is 11.1 Å². The lowest BCUT2D eigenvalue weighted by atomic mass is 10.0. The Labute approximate surface area is 115 Å². The van der Waals surface area contributed by atoms with Crippen LogP contribution in [0.5, 0.6) is 0 Å². The highest BCUT2D eigenvalue weighted by atomic mass is 35.6. The molecule has 0 aromatic carbocycles. The fourth-order valence-corrected chi connectivity index (χ4v) is 3.24. The van der Waals surface area contributed by atoms with Gasteiger partial charge in [0.15, 0.2) is 7.38 Å². The third kappa shape index (κ3) is 5.31. The lowest BCUT2D eigenvalue weighted by molar-refractivity contribution is 0.160. The first-order valence-electron chi connectivity index (χ1n) is 6.97. The standard InChI is InChI=1S/C14H32ClNSi/c1-9-16(12(2)3)13(4)10-11-14(5,6)17(7,8)15/h12-13H,9-11H2,1-8H3. The van der Waals surface area contributed by atoms with Crippen LogP contribution in [-0.4, -0.2) is 30.9 Å². The average Bonchev–Trinajstić information content (AvgIpc) is 2.13. The highest BCUT2D eigenvalue weighted by Crippen LogP contribution is 2.44. The summed E-state index contributed by atoms with van der Waals surface area (Å²) in [7, 11) is -1.57. The SMILES string of the molecule is CCN(C(C)C)C(C)CCC(C)(C)[Si](C)(C)Cl. The number of nitrogens with zero attached hydrogens (tertiary/aromatic N) is 1. The zero-order chi connectivity index (χ0) is 13.9. The van der Waals surface area contributed by atoms with Crippen LogP contribution in [0.25, 0.3) is 0 Å². The summed E-state index contributed by atoms with van der Waals surface area (Å²) in [4.78, 5) is 2.57. The Morgan fingerprint density at radius 1 is 1.18 bits per heavy atom. The summed E-state index contributed by atoms with van der Waals surface area (Å²) in [5.41, 5.74) is 0. The molecule has 0 aliphatic carbocycles. The molecule has 0 aromatic heterocycles. The molecule has 0 fully saturated rings. The Morgan fingerprint density at radius 2 is 1.65 bits per heavy atom. The van der Waals surface area contributed by atoms with Gasteiger partial charge in [-0.15, -0.1) is 0 Å². The molecule has 0 saturated carbocycles. The molecule has 0 amide bonds. The van der Waals surface area contributed by atoms with E-state index in [4.69, 9.17) is 11.1 Å². The quantitative estimate of drug-likeness (QED) is 0.462. The molecule has 0 radical (unpaired) electrons. The van der Waals surface area contributed by atoms with E-state index in [-0.39, 0.29) is 0 Å². The van der Waals surface area contributed by atoms with Crippen LogP contribution in [0.15, 0.2) is 0 Å². The predicted octanol–water partition coefficient (Wildman–Crippen LogP) is 5.11. The van der Waals surface area contributed by atoms with E-state index in [2.05, 4.69) is 59.5 Å². The molecule has 17 heavy (non-hydrogen) atoms. The topological polar surface area (TPSA) is 3.24 Å². The molecule has 0 aliphatic heterocycles. The Hall–Kier alpha value is 0.467. The smallest absolute Gasteiger partial charge is 0.156 e. The summed E-state index contributed by atoms with van der Waals surface area (Å²) >= 11 is 6.61. The van der Waals surface area contributed by atoms with Crippen LogP contribution in [0.1, 0.15) is 54.4 Å². The minimum Gasteiger partial charge on any atom is -0.299 e. The first-order chi connectivity index (χ1) is 7.53. The van der Waals surface area contributed by atoms with E-state index in [0.29, 0.717) is 17.1 Å². The monoisotopic (exact) mass is 277 g/mol. The Kier molecular flexibility index (Phi) is 6.76. The largest absolute Gasteiger partial charge is 0.299 e. The van der Waals surface area contributed by atoms with E-state index in [9.17, 15) is 0 Å². The molecule has 1 atom stereocenters. The van der Waals surface area contributed by atoms with Gasteiger partial charge < -0.3 is 0 Å². The molecule has 0 aliphatic rings. The van der Waals surface area contributed by atoms with Crippen LogP contribution in [-0.2, 0) is 0 Å².